The number of anilines is 1. The molecule has 3 N–H and O–H groups in total. The van der Waals surface area contributed by atoms with Gasteiger partial charge in [-0.25, -0.2) is 4.98 Å². The highest BCUT2D eigenvalue weighted by Gasteiger charge is 2.18. The van der Waals surface area contributed by atoms with Crippen molar-refractivity contribution in [2.45, 2.75) is 6.92 Å². The lowest BCUT2D eigenvalue weighted by atomic mass is 10.3. The number of hydrogen-bond acceptors (Lipinski definition) is 5. The summed E-state index contributed by atoms with van der Waals surface area (Å²) in [6.45, 7) is 6.13. The minimum absolute atomic E-state index is 0.261. The highest BCUT2D eigenvalue weighted by atomic mass is 16.4. The third-order valence-corrected chi connectivity index (χ3v) is 3.08. The quantitative estimate of drug-likeness (QED) is 0.348. The van der Waals surface area contributed by atoms with Crippen LogP contribution in [0.5, 0.6) is 0 Å². The molecule has 2 heterocycles. The van der Waals surface area contributed by atoms with Gasteiger partial charge >= 0.3 is 0 Å². The van der Waals surface area contributed by atoms with Crippen molar-refractivity contribution in [3.63, 3.8) is 0 Å². The van der Waals surface area contributed by atoms with Crippen LogP contribution in [0.25, 0.3) is 0 Å². The summed E-state index contributed by atoms with van der Waals surface area (Å²) in [4.78, 5) is 8.95. The Morgan fingerprint density at radius 3 is 2.72 bits per heavy atom. The molecule has 6 nitrogen and oxygen atoms in total. The summed E-state index contributed by atoms with van der Waals surface area (Å²) < 4.78 is 0. The fourth-order valence-corrected chi connectivity index (χ4v) is 2.10. The second-order valence-electron chi connectivity index (χ2n) is 4.49. The lowest BCUT2D eigenvalue weighted by Crippen LogP contribution is -2.49. The fraction of sp³-hybridized carbons (Fsp3) is 0.500. The molecule has 0 saturated carbocycles. The largest absolute Gasteiger partial charge is 0.409 e. The van der Waals surface area contributed by atoms with Crippen molar-refractivity contribution in [3.05, 3.63) is 23.9 Å². The van der Waals surface area contributed by atoms with E-state index in [4.69, 9.17) is 10.9 Å². The summed E-state index contributed by atoms with van der Waals surface area (Å²) in [7, 11) is 0. The van der Waals surface area contributed by atoms with Gasteiger partial charge in [0.2, 0.25) is 0 Å². The first-order valence-corrected chi connectivity index (χ1v) is 6.06. The molecule has 1 aliphatic heterocycles. The molecular weight excluding hydrogens is 230 g/mol. The Morgan fingerprint density at radius 2 is 2.11 bits per heavy atom. The fourth-order valence-electron chi connectivity index (χ4n) is 2.10. The number of nitrogens with zero attached hydrogens (tertiary/aromatic N) is 4. The number of amidine groups is 1. The second-order valence-corrected chi connectivity index (χ2v) is 4.49. The van der Waals surface area contributed by atoms with Crippen molar-refractivity contribution in [3.8, 4) is 0 Å². The third-order valence-electron chi connectivity index (χ3n) is 3.08. The first kappa shape index (κ1) is 12.6. The van der Waals surface area contributed by atoms with Crippen LogP contribution in [0.4, 0.5) is 5.82 Å². The molecule has 1 aromatic rings. The first-order chi connectivity index (χ1) is 8.69. The lowest BCUT2D eigenvalue weighted by molar-refractivity contribution is 0.278. The SMILES string of the molecule is Cc1cccc(N2CCN(CC(N)=NO)CC2)n1. The van der Waals surface area contributed by atoms with Crippen LogP contribution in [0.1, 0.15) is 5.69 Å². The van der Waals surface area contributed by atoms with Gasteiger partial charge < -0.3 is 15.8 Å². The van der Waals surface area contributed by atoms with Gasteiger partial charge in [0.25, 0.3) is 0 Å². The molecule has 0 spiro atoms. The molecule has 1 saturated heterocycles. The van der Waals surface area contributed by atoms with Gasteiger partial charge in [-0.2, -0.15) is 0 Å². The molecule has 0 amide bonds. The van der Waals surface area contributed by atoms with Gasteiger partial charge in [-0.3, -0.25) is 4.90 Å². The molecule has 0 radical (unpaired) electrons. The average molecular weight is 249 g/mol. The number of piperazine rings is 1. The van der Waals surface area contributed by atoms with E-state index in [2.05, 4.69) is 19.9 Å². The van der Waals surface area contributed by atoms with Crippen LogP contribution in [0.3, 0.4) is 0 Å². The minimum Gasteiger partial charge on any atom is -0.409 e. The van der Waals surface area contributed by atoms with Crippen LogP contribution in [0.2, 0.25) is 0 Å². The highest BCUT2D eigenvalue weighted by Crippen LogP contribution is 2.13. The van der Waals surface area contributed by atoms with Gasteiger partial charge in [0.15, 0.2) is 5.84 Å². The Balaban J connectivity index is 1.90. The van der Waals surface area contributed by atoms with Gasteiger partial charge in [-0.15, -0.1) is 0 Å². The predicted molar refractivity (Wildman–Crippen MR) is 71.0 cm³/mol. The van der Waals surface area contributed by atoms with Crippen LogP contribution in [-0.2, 0) is 0 Å². The zero-order chi connectivity index (χ0) is 13.0. The number of pyridine rings is 1. The summed E-state index contributed by atoms with van der Waals surface area (Å²) in [5.74, 6) is 1.29. The molecule has 0 aromatic carbocycles. The molecule has 1 fully saturated rings. The van der Waals surface area contributed by atoms with Crippen LogP contribution < -0.4 is 10.6 Å². The van der Waals surface area contributed by atoms with E-state index in [0.717, 1.165) is 37.7 Å². The second kappa shape index (κ2) is 5.68. The molecule has 0 bridgehead atoms. The van der Waals surface area contributed by atoms with Crippen LogP contribution in [-0.4, -0.2) is 53.7 Å². The molecule has 0 atom stereocenters. The van der Waals surface area contributed by atoms with E-state index in [0.29, 0.717) is 6.54 Å². The summed E-state index contributed by atoms with van der Waals surface area (Å²) >= 11 is 0. The van der Waals surface area contributed by atoms with Crippen molar-refractivity contribution in [1.82, 2.24) is 9.88 Å². The Hall–Kier alpha value is -1.82. The molecule has 98 valence electrons. The summed E-state index contributed by atoms with van der Waals surface area (Å²) in [5, 5.41) is 11.5. The predicted octanol–water partition coefficient (Wildman–Crippen LogP) is 0.258. The summed E-state index contributed by atoms with van der Waals surface area (Å²) in [6, 6.07) is 6.06. The number of nitrogens with two attached hydrogens (primary N) is 1. The lowest BCUT2D eigenvalue weighted by Gasteiger charge is -2.35. The molecule has 1 aromatic heterocycles. The van der Waals surface area contributed by atoms with Crippen LogP contribution >= 0.6 is 0 Å². The maximum Gasteiger partial charge on any atom is 0.153 e. The van der Waals surface area contributed by atoms with E-state index in [-0.39, 0.29) is 5.84 Å². The molecule has 2 rings (SSSR count). The zero-order valence-electron chi connectivity index (χ0n) is 10.6. The highest BCUT2D eigenvalue weighted by molar-refractivity contribution is 5.81. The molecule has 1 aliphatic rings. The monoisotopic (exact) mass is 249 g/mol. The van der Waals surface area contributed by atoms with Crippen molar-refractivity contribution in [1.29, 1.82) is 0 Å². The summed E-state index contributed by atoms with van der Waals surface area (Å²) in [5.41, 5.74) is 6.54. The van der Waals surface area contributed by atoms with E-state index < -0.39 is 0 Å². The molecule has 0 aliphatic carbocycles. The van der Waals surface area contributed by atoms with Crippen molar-refractivity contribution in [2.75, 3.05) is 37.6 Å². The van der Waals surface area contributed by atoms with Gasteiger partial charge in [0.05, 0.1) is 6.54 Å². The van der Waals surface area contributed by atoms with E-state index in [1.54, 1.807) is 0 Å². The molecular formula is C12H19N5O. The zero-order valence-corrected chi connectivity index (χ0v) is 10.6. The van der Waals surface area contributed by atoms with Crippen molar-refractivity contribution >= 4 is 11.7 Å². The number of aryl methyl sites for hydroxylation is 1. The Bertz CT molecular complexity index is 426. The minimum atomic E-state index is 0.261. The topological polar surface area (TPSA) is 78.0 Å². The first-order valence-electron chi connectivity index (χ1n) is 6.06. The smallest absolute Gasteiger partial charge is 0.153 e. The van der Waals surface area contributed by atoms with Crippen molar-refractivity contribution in [2.24, 2.45) is 10.9 Å². The van der Waals surface area contributed by atoms with E-state index in [1.807, 2.05) is 25.1 Å². The number of hydrogen-bond donors (Lipinski definition) is 2. The van der Waals surface area contributed by atoms with Crippen molar-refractivity contribution < 1.29 is 5.21 Å². The Kier molecular flexibility index (Phi) is 3.99. The molecule has 0 unspecified atom stereocenters. The van der Waals surface area contributed by atoms with E-state index in [1.165, 1.54) is 0 Å². The molecule has 18 heavy (non-hydrogen) atoms. The normalized spacial score (nSPS) is 18.1. The van der Waals surface area contributed by atoms with Gasteiger partial charge in [0.1, 0.15) is 5.82 Å². The Labute approximate surface area is 107 Å². The Morgan fingerprint density at radius 1 is 1.39 bits per heavy atom. The van der Waals surface area contributed by atoms with E-state index in [9.17, 15) is 0 Å². The van der Waals surface area contributed by atoms with Gasteiger partial charge in [0, 0.05) is 31.9 Å². The standard InChI is InChI=1S/C12H19N5O/c1-10-3-2-4-12(14-10)17-7-5-16(6-8-17)9-11(13)15-18/h2-4,18H,5-9H2,1H3,(H2,13,15). The summed E-state index contributed by atoms with van der Waals surface area (Å²) in [6.07, 6.45) is 0. The number of rotatable bonds is 3. The number of aromatic nitrogens is 1. The third kappa shape index (κ3) is 3.10. The van der Waals surface area contributed by atoms with E-state index >= 15 is 0 Å². The van der Waals surface area contributed by atoms with Crippen LogP contribution in [0.15, 0.2) is 23.4 Å². The van der Waals surface area contributed by atoms with Gasteiger partial charge in [-0.1, -0.05) is 11.2 Å². The maximum atomic E-state index is 8.54. The maximum absolute atomic E-state index is 8.54. The average Bonchev–Trinajstić information content (AvgIpc) is 2.39. The van der Waals surface area contributed by atoms with Gasteiger partial charge in [-0.05, 0) is 19.1 Å². The number of oxime groups is 1. The van der Waals surface area contributed by atoms with Crippen LogP contribution in [0, 0.1) is 6.92 Å². The molecule has 6 heteroatoms.